The van der Waals surface area contributed by atoms with E-state index in [4.69, 9.17) is 16.1 Å². The van der Waals surface area contributed by atoms with Gasteiger partial charge in [-0.25, -0.2) is 5.90 Å². The fraction of sp³-hybridized carbons (Fsp3) is 1.00. The van der Waals surface area contributed by atoms with Gasteiger partial charge >= 0.3 is 0 Å². The lowest BCUT2D eigenvalue weighted by molar-refractivity contribution is -0.295. The van der Waals surface area contributed by atoms with Crippen LogP contribution in [0.5, 0.6) is 0 Å². The first-order chi connectivity index (χ1) is 6.11. The molecule has 0 aromatic carbocycles. The van der Waals surface area contributed by atoms with Gasteiger partial charge in [-0.05, 0) is 0 Å². The lowest BCUT2D eigenvalue weighted by atomic mass is 9.99. The lowest BCUT2D eigenvalue weighted by Gasteiger charge is -2.38. The van der Waals surface area contributed by atoms with Crippen molar-refractivity contribution < 1.29 is 30.0 Å². The van der Waals surface area contributed by atoms with Crippen LogP contribution in [0.25, 0.3) is 0 Å². The van der Waals surface area contributed by atoms with Gasteiger partial charge in [0.25, 0.3) is 0 Å². The molecular formula is C6H13NO6. The van der Waals surface area contributed by atoms with Crippen molar-refractivity contribution in [3.8, 4) is 0 Å². The van der Waals surface area contributed by atoms with Crippen LogP contribution in [-0.4, -0.2) is 57.7 Å². The van der Waals surface area contributed by atoms with Gasteiger partial charge in [0.05, 0.1) is 6.61 Å². The van der Waals surface area contributed by atoms with Crippen LogP contribution in [0.3, 0.4) is 0 Å². The Bertz CT molecular complexity index is 167. The first kappa shape index (κ1) is 10.8. The van der Waals surface area contributed by atoms with Gasteiger partial charge < -0.3 is 25.2 Å². The predicted molar refractivity (Wildman–Crippen MR) is 39.0 cm³/mol. The minimum Gasteiger partial charge on any atom is -0.394 e. The third kappa shape index (κ3) is 1.97. The summed E-state index contributed by atoms with van der Waals surface area (Å²) in [5, 5.41) is 36.3. The number of aliphatic hydroxyl groups is 4. The molecule has 0 radical (unpaired) electrons. The van der Waals surface area contributed by atoms with E-state index >= 15 is 0 Å². The molecule has 1 rings (SSSR count). The Morgan fingerprint density at radius 2 is 1.85 bits per heavy atom. The molecule has 1 saturated heterocycles. The van der Waals surface area contributed by atoms with Crippen molar-refractivity contribution in [2.24, 2.45) is 5.90 Å². The summed E-state index contributed by atoms with van der Waals surface area (Å²) in [4.78, 5) is 4.27. The van der Waals surface area contributed by atoms with Gasteiger partial charge in [0, 0.05) is 0 Å². The molecular weight excluding hydrogens is 182 g/mol. The number of hydrogen-bond acceptors (Lipinski definition) is 7. The molecule has 1 heterocycles. The van der Waals surface area contributed by atoms with E-state index in [9.17, 15) is 10.2 Å². The van der Waals surface area contributed by atoms with Crippen LogP contribution in [0.1, 0.15) is 0 Å². The van der Waals surface area contributed by atoms with E-state index in [1.54, 1.807) is 0 Å². The summed E-state index contributed by atoms with van der Waals surface area (Å²) < 4.78 is 4.66. The number of nitrogens with two attached hydrogens (primary N) is 1. The Hall–Kier alpha value is -0.280. The molecule has 0 bridgehead atoms. The molecule has 0 saturated carbocycles. The van der Waals surface area contributed by atoms with Crippen LogP contribution < -0.4 is 5.90 Å². The molecule has 0 unspecified atom stereocenters. The summed E-state index contributed by atoms with van der Waals surface area (Å²) in [6, 6.07) is 0. The summed E-state index contributed by atoms with van der Waals surface area (Å²) in [5.74, 6) is 4.79. The summed E-state index contributed by atoms with van der Waals surface area (Å²) in [5.41, 5.74) is 0. The zero-order valence-corrected chi connectivity index (χ0v) is 6.78. The Kier molecular flexibility index (Phi) is 3.56. The third-order valence-corrected chi connectivity index (χ3v) is 2.00. The second-order valence-electron chi connectivity index (χ2n) is 2.83. The van der Waals surface area contributed by atoms with Gasteiger partial charge in [-0.15, -0.1) is 0 Å². The molecule has 6 N–H and O–H groups in total. The molecule has 13 heavy (non-hydrogen) atoms. The topological polar surface area (TPSA) is 125 Å². The molecule has 0 aliphatic carbocycles. The maximum absolute atomic E-state index is 9.36. The highest BCUT2D eigenvalue weighted by Crippen LogP contribution is 2.20. The van der Waals surface area contributed by atoms with Crippen LogP contribution in [-0.2, 0) is 9.57 Å². The fourth-order valence-corrected chi connectivity index (χ4v) is 1.23. The number of aliphatic hydroxyl groups excluding tert-OH is 4. The molecule has 1 fully saturated rings. The van der Waals surface area contributed by atoms with E-state index < -0.39 is 37.3 Å². The summed E-state index contributed by atoms with van der Waals surface area (Å²) >= 11 is 0. The van der Waals surface area contributed by atoms with Gasteiger partial charge in [-0.1, -0.05) is 0 Å². The third-order valence-electron chi connectivity index (χ3n) is 2.00. The smallest absolute Gasteiger partial charge is 0.184 e. The standard InChI is InChI=1S/C6H13NO6/c7-13-5-3(9)2(1-8)12-6(11)4(5)10/h2-6,8-11H,1,7H2/t2-,3-,4-,5+,6-/m1/s1. The van der Waals surface area contributed by atoms with Crippen molar-refractivity contribution in [3.05, 3.63) is 0 Å². The molecule has 0 amide bonds. The van der Waals surface area contributed by atoms with Gasteiger partial charge in [0.15, 0.2) is 6.29 Å². The molecule has 0 aromatic heterocycles. The fourth-order valence-electron chi connectivity index (χ4n) is 1.23. The molecule has 1 aliphatic rings. The van der Waals surface area contributed by atoms with E-state index in [-0.39, 0.29) is 0 Å². The van der Waals surface area contributed by atoms with Crippen molar-refractivity contribution in [3.63, 3.8) is 0 Å². The van der Waals surface area contributed by atoms with Crippen molar-refractivity contribution >= 4 is 0 Å². The first-order valence-corrected chi connectivity index (χ1v) is 3.78. The van der Waals surface area contributed by atoms with Crippen molar-refractivity contribution in [2.75, 3.05) is 6.61 Å². The normalized spacial score (nSPS) is 46.4. The zero-order valence-electron chi connectivity index (χ0n) is 6.78. The summed E-state index contributed by atoms with van der Waals surface area (Å²) in [6.07, 6.45) is -6.39. The van der Waals surface area contributed by atoms with E-state index in [1.807, 2.05) is 0 Å². The molecule has 5 atom stereocenters. The maximum atomic E-state index is 9.36. The molecule has 0 spiro atoms. The van der Waals surface area contributed by atoms with E-state index in [0.29, 0.717) is 0 Å². The minimum absolute atomic E-state index is 0.495. The van der Waals surface area contributed by atoms with Crippen LogP contribution in [0, 0.1) is 0 Å². The van der Waals surface area contributed by atoms with E-state index in [2.05, 4.69) is 9.57 Å². The van der Waals surface area contributed by atoms with Gasteiger partial charge in [-0.2, -0.15) is 0 Å². The van der Waals surface area contributed by atoms with Crippen LogP contribution in [0.15, 0.2) is 0 Å². The Balaban J connectivity index is 2.69. The highest BCUT2D eigenvalue weighted by atomic mass is 16.7. The Labute approximate surface area is 74.3 Å². The quantitative estimate of drug-likeness (QED) is 0.292. The Morgan fingerprint density at radius 3 is 2.31 bits per heavy atom. The van der Waals surface area contributed by atoms with E-state index in [1.165, 1.54) is 0 Å². The van der Waals surface area contributed by atoms with Crippen molar-refractivity contribution in [2.45, 2.75) is 30.7 Å². The number of hydrogen-bond donors (Lipinski definition) is 5. The largest absolute Gasteiger partial charge is 0.394 e. The average Bonchev–Trinajstić information content (AvgIpc) is 2.12. The van der Waals surface area contributed by atoms with Gasteiger partial charge in [-0.3, -0.25) is 4.84 Å². The molecule has 7 nitrogen and oxygen atoms in total. The monoisotopic (exact) mass is 195 g/mol. The second kappa shape index (κ2) is 4.29. The van der Waals surface area contributed by atoms with Crippen molar-refractivity contribution in [1.29, 1.82) is 0 Å². The minimum atomic E-state index is -1.52. The highest BCUT2D eigenvalue weighted by molar-refractivity contribution is 4.88. The van der Waals surface area contributed by atoms with Crippen LogP contribution in [0.2, 0.25) is 0 Å². The predicted octanol–water partition coefficient (Wildman–Crippen LogP) is -3.32. The summed E-state index contributed by atoms with van der Waals surface area (Å²) in [7, 11) is 0. The van der Waals surface area contributed by atoms with Gasteiger partial charge in [0.2, 0.25) is 0 Å². The summed E-state index contributed by atoms with van der Waals surface area (Å²) in [6.45, 7) is -0.495. The second-order valence-corrected chi connectivity index (χ2v) is 2.83. The molecule has 7 heteroatoms. The highest BCUT2D eigenvalue weighted by Gasteiger charge is 2.44. The van der Waals surface area contributed by atoms with E-state index in [0.717, 1.165) is 0 Å². The Morgan fingerprint density at radius 1 is 1.23 bits per heavy atom. The molecule has 0 aromatic rings. The number of ether oxygens (including phenoxy) is 1. The SMILES string of the molecule is NO[C@@H]1[C@@H](O)[C@H](O)O[C@H](CO)[C@H]1O. The maximum Gasteiger partial charge on any atom is 0.184 e. The average molecular weight is 195 g/mol. The van der Waals surface area contributed by atoms with Gasteiger partial charge in [0.1, 0.15) is 24.4 Å². The number of rotatable bonds is 2. The van der Waals surface area contributed by atoms with Crippen LogP contribution >= 0.6 is 0 Å². The molecule has 1 aliphatic heterocycles. The molecule has 78 valence electrons. The van der Waals surface area contributed by atoms with Crippen molar-refractivity contribution in [1.82, 2.24) is 0 Å². The zero-order chi connectivity index (χ0) is 10.0. The lowest BCUT2D eigenvalue weighted by Crippen LogP contribution is -2.60. The first-order valence-electron chi connectivity index (χ1n) is 3.78. The van der Waals surface area contributed by atoms with Crippen LogP contribution in [0.4, 0.5) is 0 Å².